The monoisotopic (exact) mass is 284 g/mol. The second-order valence-corrected chi connectivity index (χ2v) is 4.88. The minimum absolute atomic E-state index is 0.353. The predicted molar refractivity (Wildman–Crippen MR) is 79.7 cm³/mol. The molecule has 1 aliphatic rings. The van der Waals surface area contributed by atoms with E-state index in [-0.39, 0.29) is 5.97 Å². The number of hydrogen-bond acceptors (Lipinski definition) is 6. The summed E-state index contributed by atoms with van der Waals surface area (Å²) in [6.45, 7) is 0. The van der Waals surface area contributed by atoms with E-state index in [0.29, 0.717) is 17.6 Å². The number of hydrogen-bond donors (Lipinski definition) is 2. The number of aromatic nitrogens is 2. The van der Waals surface area contributed by atoms with Gasteiger partial charge in [0, 0.05) is 17.9 Å². The van der Waals surface area contributed by atoms with Crippen LogP contribution in [0.2, 0.25) is 0 Å². The first kappa shape index (κ1) is 13.4. The van der Waals surface area contributed by atoms with Crippen molar-refractivity contribution < 1.29 is 9.53 Å². The number of nitrogens with zero attached hydrogens (tertiary/aromatic N) is 2. The molecule has 0 spiro atoms. The van der Waals surface area contributed by atoms with Gasteiger partial charge < -0.3 is 15.4 Å². The third-order valence-electron chi connectivity index (χ3n) is 3.15. The number of rotatable bonds is 5. The summed E-state index contributed by atoms with van der Waals surface area (Å²) in [6.07, 6.45) is 4.10. The molecule has 2 aromatic rings. The van der Waals surface area contributed by atoms with Crippen LogP contribution >= 0.6 is 0 Å². The molecule has 0 saturated heterocycles. The zero-order valence-corrected chi connectivity index (χ0v) is 11.7. The Morgan fingerprint density at radius 1 is 1.24 bits per heavy atom. The third-order valence-corrected chi connectivity index (χ3v) is 3.15. The van der Waals surface area contributed by atoms with Crippen molar-refractivity contribution in [3.63, 3.8) is 0 Å². The van der Waals surface area contributed by atoms with Crippen LogP contribution in [0.1, 0.15) is 23.2 Å². The Balaban J connectivity index is 1.69. The second kappa shape index (κ2) is 5.78. The molecule has 21 heavy (non-hydrogen) atoms. The fourth-order valence-electron chi connectivity index (χ4n) is 1.87. The highest BCUT2D eigenvalue weighted by Gasteiger charge is 2.21. The number of esters is 1. The van der Waals surface area contributed by atoms with Crippen LogP contribution in [-0.4, -0.2) is 29.1 Å². The van der Waals surface area contributed by atoms with Gasteiger partial charge in [-0.2, -0.15) is 4.98 Å². The molecule has 108 valence electrons. The number of ether oxygens (including phenoxy) is 1. The van der Waals surface area contributed by atoms with E-state index in [1.165, 1.54) is 20.0 Å². The summed E-state index contributed by atoms with van der Waals surface area (Å²) in [5.41, 5.74) is 1.32. The zero-order valence-electron chi connectivity index (χ0n) is 11.7. The van der Waals surface area contributed by atoms with E-state index < -0.39 is 0 Å². The molecule has 0 amide bonds. The maximum Gasteiger partial charge on any atom is 0.337 e. The second-order valence-electron chi connectivity index (χ2n) is 4.88. The molecule has 6 nitrogen and oxygen atoms in total. The Labute approximate surface area is 122 Å². The lowest BCUT2D eigenvalue weighted by Gasteiger charge is -2.08. The van der Waals surface area contributed by atoms with Crippen LogP contribution < -0.4 is 10.6 Å². The molecule has 1 aliphatic carbocycles. The summed E-state index contributed by atoms with van der Waals surface area (Å²) < 4.78 is 4.66. The fraction of sp³-hybridized carbons (Fsp3) is 0.267. The average Bonchev–Trinajstić information content (AvgIpc) is 3.31. The number of methoxy groups -OCH3 is 1. The SMILES string of the molecule is COC(=O)c1ccc(Nc2nccc(NC3CC3)n2)cc1. The highest BCUT2D eigenvalue weighted by molar-refractivity contribution is 5.89. The molecule has 3 rings (SSSR count). The lowest BCUT2D eigenvalue weighted by molar-refractivity contribution is 0.0601. The standard InChI is InChI=1S/C15H16N4O2/c1-21-14(20)10-2-4-12(5-3-10)18-15-16-9-8-13(19-15)17-11-6-7-11/h2-5,8-9,11H,6-7H2,1H3,(H2,16,17,18,19). The molecule has 1 saturated carbocycles. The molecular weight excluding hydrogens is 268 g/mol. The first-order chi connectivity index (χ1) is 10.2. The van der Waals surface area contributed by atoms with Crippen molar-refractivity contribution in [1.29, 1.82) is 0 Å². The Bertz CT molecular complexity index is 638. The van der Waals surface area contributed by atoms with E-state index in [4.69, 9.17) is 0 Å². The number of carbonyl (C=O) groups is 1. The minimum Gasteiger partial charge on any atom is -0.465 e. The summed E-state index contributed by atoms with van der Waals surface area (Å²) in [5, 5.41) is 6.43. The van der Waals surface area contributed by atoms with Gasteiger partial charge in [0.1, 0.15) is 5.82 Å². The Kier molecular flexibility index (Phi) is 3.68. The van der Waals surface area contributed by atoms with Crippen molar-refractivity contribution in [2.24, 2.45) is 0 Å². The Morgan fingerprint density at radius 3 is 2.67 bits per heavy atom. The quantitative estimate of drug-likeness (QED) is 0.822. The van der Waals surface area contributed by atoms with Crippen molar-refractivity contribution in [3.05, 3.63) is 42.1 Å². The molecule has 6 heteroatoms. The van der Waals surface area contributed by atoms with E-state index in [0.717, 1.165) is 11.5 Å². The third kappa shape index (κ3) is 3.47. The van der Waals surface area contributed by atoms with Gasteiger partial charge in [0.2, 0.25) is 5.95 Å². The number of benzene rings is 1. The molecule has 0 radical (unpaired) electrons. The summed E-state index contributed by atoms with van der Waals surface area (Å²) in [4.78, 5) is 19.9. The van der Waals surface area contributed by atoms with Crippen LogP contribution in [0.25, 0.3) is 0 Å². The van der Waals surface area contributed by atoms with Crippen LogP contribution in [0.5, 0.6) is 0 Å². The first-order valence-corrected chi connectivity index (χ1v) is 6.79. The van der Waals surface area contributed by atoms with Crippen molar-refractivity contribution in [3.8, 4) is 0 Å². The van der Waals surface area contributed by atoms with Gasteiger partial charge in [-0.15, -0.1) is 0 Å². The molecule has 0 aliphatic heterocycles. The molecule has 0 atom stereocenters. The minimum atomic E-state index is -0.353. The largest absolute Gasteiger partial charge is 0.465 e. The van der Waals surface area contributed by atoms with Crippen LogP contribution in [0.4, 0.5) is 17.5 Å². The van der Waals surface area contributed by atoms with Gasteiger partial charge in [0.15, 0.2) is 0 Å². The molecule has 2 N–H and O–H groups in total. The van der Waals surface area contributed by atoms with Gasteiger partial charge in [0.25, 0.3) is 0 Å². The predicted octanol–water partition coefficient (Wildman–Crippen LogP) is 2.58. The smallest absolute Gasteiger partial charge is 0.337 e. The van der Waals surface area contributed by atoms with Gasteiger partial charge in [-0.3, -0.25) is 0 Å². The maximum absolute atomic E-state index is 11.4. The van der Waals surface area contributed by atoms with Crippen LogP contribution in [0.15, 0.2) is 36.5 Å². The summed E-state index contributed by atoms with van der Waals surface area (Å²) >= 11 is 0. The normalized spacial score (nSPS) is 13.6. The lowest BCUT2D eigenvalue weighted by atomic mass is 10.2. The zero-order chi connectivity index (χ0) is 14.7. The highest BCUT2D eigenvalue weighted by atomic mass is 16.5. The van der Waals surface area contributed by atoms with Gasteiger partial charge in [-0.1, -0.05) is 0 Å². The van der Waals surface area contributed by atoms with E-state index in [1.807, 2.05) is 6.07 Å². The van der Waals surface area contributed by atoms with Crippen LogP contribution in [-0.2, 0) is 4.74 Å². The maximum atomic E-state index is 11.4. The molecule has 1 fully saturated rings. The molecule has 1 aromatic carbocycles. The lowest BCUT2D eigenvalue weighted by Crippen LogP contribution is -2.05. The highest BCUT2D eigenvalue weighted by Crippen LogP contribution is 2.24. The average molecular weight is 284 g/mol. The molecule has 1 heterocycles. The van der Waals surface area contributed by atoms with Crippen molar-refractivity contribution in [2.45, 2.75) is 18.9 Å². The fourth-order valence-corrected chi connectivity index (χ4v) is 1.87. The Hall–Kier alpha value is -2.63. The number of nitrogens with one attached hydrogen (secondary N) is 2. The van der Waals surface area contributed by atoms with Gasteiger partial charge >= 0.3 is 5.97 Å². The van der Waals surface area contributed by atoms with Crippen molar-refractivity contribution in [2.75, 3.05) is 17.7 Å². The van der Waals surface area contributed by atoms with Crippen molar-refractivity contribution >= 4 is 23.4 Å². The molecule has 1 aromatic heterocycles. The molecule has 0 bridgehead atoms. The van der Waals surface area contributed by atoms with E-state index in [2.05, 4.69) is 25.3 Å². The van der Waals surface area contributed by atoms with E-state index in [9.17, 15) is 4.79 Å². The van der Waals surface area contributed by atoms with Gasteiger partial charge in [-0.05, 0) is 43.2 Å². The number of carbonyl (C=O) groups excluding carboxylic acids is 1. The molecule has 0 unspecified atom stereocenters. The summed E-state index contributed by atoms with van der Waals surface area (Å²) in [7, 11) is 1.36. The van der Waals surface area contributed by atoms with Gasteiger partial charge in [-0.25, -0.2) is 9.78 Å². The van der Waals surface area contributed by atoms with Crippen LogP contribution in [0.3, 0.4) is 0 Å². The number of anilines is 3. The van der Waals surface area contributed by atoms with Crippen LogP contribution in [0, 0.1) is 0 Å². The summed E-state index contributed by atoms with van der Waals surface area (Å²) in [6, 6.07) is 9.37. The van der Waals surface area contributed by atoms with Gasteiger partial charge in [0.05, 0.1) is 12.7 Å². The first-order valence-electron chi connectivity index (χ1n) is 6.79. The van der Waals surface area contributed by atoms with E-state index >= 15 is 0 Å². The van der Waals surface area contributed by atoms with Crippen molar-refractivity contribution in [1.82, 2.24) is 9.97 Å². The van der Waals surface area contributed by atoms with E-state index in [1.54, 1.807) is 30.5 Å². The molecular formula is C15H16N4O2. The Morgan fingerprint density at radius 2 is 2.00 bits per heavy atom. The topological polar surface area (TPSA) is 76.1 Å². The summed E-state index contributed by atoms with van der Waals surface area (Å²) in [5.74, 6) is 0.987.